The number of hydrogen-bond acceptors (Lipinski definition) is 4. The van der Waals surface area contributed by atoms with Crippen molar-refractivity contribution in [2.24, 2.45) is 0 Å². The second-order valence-electron chi connectivity index (χ2n) is 5.73. The molecule has 0 N–H and O–H groups in total. The van der Waals surface area contributed by atoms with E-state index in [9.17, 15) is 9.59 Å². The molecule has 0 saturated carbocycles. The van der Waals surface area contributed by atoms with Crippen LogP contribution in [0.1, 0.15) is 49.4 Å². The van der Waals surface area contributed by atoms with Gasteiger partial charge >= 0.3 is 5.97 Å². The van der Waals surface area contributed by atoms with Crippen molar-refractivity contribution in [3.63, 3.8) is 0 Å². The summed E-state index contributed by atoms with van der Waals surface area (Å²) in [5.41, 5.74) is 0.652. The molecule has 0 bridgehead atoms. The van der Waals surface area contributed by atoms with Gasteiger partial charge in [0.2, 0.25) is 0 Å². The van der Waals surface area contributed by atoms with Crippen LogP contribution in [0.15, 0.2) is 54.6 Å². The van der Waals surface area contributed by atoms with Gasteiger partial charge in [-0.2, -0.15) is 0 Å². The van der Waals surface area contributed by atoms with Crippen LogP contribution < -0.4 is 4.74 Å². The molecule has 0 aliphatic rings. The van der Waals surface area contributed by atoms with E-state index in [-0.39, 0.29) is 11.8 Å². The molecule has 0 saturated heterocycles. The highest BCUT2D eigenvalue weighted by molar-refractivity contribution is 5.96. The molecule has 0 unspecified atom stereocenters. The Kier molecular flexibility index (Phi) is 7.70. The first-order valence-corrected chi connectivity index (χ1v) is 8.71. The molecule has 0 fully saturated rings. The Balaban J connectivity index is 1.78. The SMILES string of the molecule is CCOC(=O)CCCCCC(=O)c1cccc(Oc2ccccc2)c1. The molecule has 0 amide bonds. The van der Waals surface area contributed by atoms with E-state index in [1.165, 1.54) is 0 Å². The van der Waals surface area contributed by atoms with Crippen molar-refractivity contribution in [3.8, 4) is 11.5 Å². The molecule has 2 aromatic rings. The van der Waals surface area contributed by atoms with Gasteiger partial charge in [-0.05, 0) is 44.0 Å². The number of unbranched alkanes of at least 4 members (excludes halogenated alkanes) is 2. The number of carbonyl (C=O) groups excluding carboxylic acids is 2. The Hall–Kier alpha value is -2.62. The predicted octanol–water partition coefficient (Wildman–Crippen LogP) is 5.18. The average molecular weight is 340 g/mol. The molecule has 132 valence electrons. The molecule has 4 heteroatoms. The third-order valence-corrected chi connectivity index (χ3v) is 3.72. The summed E-state index contributed by atoms with van der Waals surface area (Å²) in [4.78, 5) is 23.5. The molecule has 0 atom stereocenters. The maximum Gasteiger partial charge on any atom is 0.305 e. The van der Waals surface area contributed by atoms with Gasteiger partial charge < -0.3 is 9.47 Å². The number of Topliss-reactive ketones (excluding diaryl/α,β-unsaturated/α-hetero) is 1. The smallest absolute Gasteiger partial charge is 0.305 e. The summed E-state index contributed by atoms with van der Waals surface area (Å²) in [5, 5.41) is 0. The molecular weight excluding hydrogens is 316 g/mol. The van der Waals surface area contributed by atoms with E-state index in [2.05, 4.69) is 0 Å². The molecule has 25 heavy (non-hydrogen) atoms. The van der Waals surface area contributed by atoms with Gasteiger partial charge in [0.15, 0.2) is 5.78 Å². The third-order valence-electron chi connectivity index (χ3n) is 3.72. The van der Waals surface area contributed by atoms with E-state index in [0.717, 1.165) is 25.0 Å². The van der Waals surface area contributed by atoms with Crippen LogP contribution in [0.5, 0.6) is 11.5 Å². The summed E-state index contributed by atoms with van der Waals surface area (Å²) in [7, 11) is 0. The molecule has 2 rings (SSSR count). The van der Waals surface area contributed by atoms with Crippen LogP contribution in [0.25, 0.3) is 0 Å². The number of ether oxygens (including phenoxy) is 2. The van der Waals surface area contributed by atoms with E-state index in [1.54, 1.807) is 19.1 Å². The van der Waals surface area contributed by atoms with Crippen molar-refractivity contribution in [3.05, 3.63) is 60.2 Å². The number of rotatable bonds is 10. The van der Waals surface area contributed by atoms with Gasteiger partial charge in [-0.25, -0.2) is 0 Å². The molecular formula is C21H24O4. The molecule has 0 aliphatic carbocycles. The van der Waals surface area contributed by atoms with Crippen molar-refractivity contribution < 1.29 is 19.1 Å². The first-order chi connectivity index (χ1) is 12.2. The van der Waals surface area contributed by atoms with Gasteiger partial charge in [0, 0.05) is 18.4 Å². The van der Waals surface area contributed by atoms with E-state index >= 15 is 0 Å². The fraction of sp³-hybridized carbons (Fsp3) is 0.333. The van der Waals surface area contributed by atoms with Crippen molar-refractivity contribution in [1.29, 1.82) is 0 Å². The normalized spacial score (nSPS) is 10.3. The lowest BCUT2D eigenvalue weighted by molar-refractivity contribution is -0.143. The third kappa shape index (κ3) is 6.79. The Morgan fingerprint density at radius 2 is 1.56 bits per heavy atom. The highest BCUT2D eigenvalue weighted by Crippen LogP contribution is 2.22. The van der Waals surface area contributed by atoms with Crippen LogP contribution in [0.3, 0.4) is 0 Å². The highest BCUT2D eigenvalue weighted by atomic mass is 16.5. The van der Waals surface area contributed by atoms with Gasteiger partial charge in [0.1, 0.15) is 11.5 Å². The summed E-state index contributed by atoms with van der Waals surface area (Å²) < 4.78 is 10.6. The Morgan fingerprint density at radius 1 is 0.840 bits per heavy atom. The number of carbonyl (C=O) groups is 2. The molecule has 0 aliphatic heterocycles. The average Bonchev–Trinajstić information content (AvgIpc) is 2.62. The molecule has 2 aromatic carbocycles. The van der Waals surface area contributed by atoms with Gasteiger partial charge in [-0.15, -0.1) is 0 Å². The van der Waals surface area contributed by atoms with E-state index in [4.69, 9.17) is 9.47 Å². The lowest BCUT2D eigenvalue weighted by Crippen LogP contribution is -2.03. The lowest BCUT2D eigenvalue weighted by atomic mass is 10.0. The first-order valence-electron chi connectivity index (χ1n) is 8.71. The topological polar surface area (TPSA) is 52.6 Å². The number of benzene rings is 2. The van der Waals surface area contributed by atoms with Gasteiger partial charge in [0.05, 0.1) is 6.61 Å². The highest BCUT2D eigenvalue weighted by Gasteiger charge is 2.08. The second kappa shape index (κ2) is 10.3. The zero-order chi connectivity index (χ0) is 17.9. The minimum absolute atomic E-state index is 0.0923. The maximum absolute atomic E-state index is 12.3. The number of para-hydroxylation sites is 1. The standard InChI is InChI=1S/C21H24O4/c1-2-24-21(23)15-8-4-7-14-20(22)17-10-9-13-19(16-17)25-18-11-5-3-6-12-18/h3,5-6,9-13,16H,2,4,7-8,14-15H2,1H3. The fourth-order valence-electron chi connectivity index (χ4n) is 2.47. The van der Waals surface area contributed by atoms with Crippen molar-refractivity contribution in [1.82, 2.24) is 0 Å². The second-order valence-corrected chi connectivity index (χ2v) is 5.73. The van der Waals surface area contributed by atoms with E-state index in [1.807, 2.05) is 42.5 Å². The van der Waals surface area contributed by atoms with Gasteiger partial charge in [-0.1, -0.05) is 36.8 Å². The predicted molar refractivity (Wildman–Crippen MR) is 97.0 cm³/mol. The minimum atomic E-state index is -0.167. The maximum atomic E-state index is 12.3. The van der Waals surface area contributed by atoms with Crippen molar-refractivity contribution in [2.45, 2.75) is 39.0 Å². The van der Waals surface area contributed by atoms with E-state index < -0.39 is 0 Å². The fourth-order valence-corrected chi connectivity index (χ4v) is 2.47. The summed E-state index contributed by atoms with van der Waals surface area (Å²) in [6, 6.07) is 16.7. The van der Waals surface area contributed by atoms with Crippen molar-refractivity contribution >= 4 is 11.8 Å². The quantitative estimate of drug-likeness (QED) is 0.340. The molecule has 0 heterocycles. The Bertz CT molecular complexity index is 679. The van der Waals surface area contributed by atoms with Gasteiger partial charge in [-0.3, -0.25) is 9.59 Å². The Morgan fingerprint density at radius 3 is 2.32 bits per heavy atom. The zero-order valence-corrected chi connectivity index (χ0v) is 14.6. The minimum Gasteiger partial charge on any atom is -0.466 e. The van der Waals surface area contributed by atoms with Gasteiger partial charge in [0.25, 0.3) is 0 Å². The molecule has 0 radical (unpaired) electrons. The van der Waals surface area contributed by atoms with Crippen LogP contribution in [0, 0.1) is 0 Å². The zero-order valence-electron chi connectivity index (χ0n) is 14.6. The largest absolute Gasteiger partial charge is 0.466 e. The number of ketones is 1. The summed E-state index contributed by atoms with van der Waals surface area (Å²) >= 11 is 0. The number of hydrogen-bond donors (Lipinski definition) is 0. The van der Waals surface area contributed by atoms with Crippen LogP contribution in [-0.4, -0.2) is 18.4 Å². The molecule has 4 nitrogen and oxygen atoms in total. The van der Waals surface area contributed by atoms with Crippen LogP contribution in [-0.2, 0) is 9.53 Å². The van der Waals surface area contributed by atoms with Crippen LogP contribution in [0.2, 0.25) is 0 Å². The first kappa shape index (κ1) is 18.7. The summed E-state index contributed by atoms with van der Waals surface area (Å²) in [5.74, 6) is 1.32. The molecule has 0 aromatic heterocycles. The summed E-state index contributed by atoms with van der Waals surface area (Å²) in [6.45, 7) is 2.21. The number of esters is 1. The molecule has 0 spiro atoms. The monoisotopic (exact) mass is 340 g/mol. The van der Waals surface area contributed by atoms with E-state index in [0.29, 0.717) is 30.8 Å². The lowest BCUT2D eigenvalue weighted by Gasteiger charge is -2.07. The summed E-state index contributed by atoms with van der Waals surface area (Å²) in [6.07, 6.45) is 3.25. The van der Waals surface area contributed by atoms with Crippen molar-refractivity contribution in [2.75, 3.05) is 6.61 Å². The van der Waals surface area contributed by atoms with Crippen LogP contribution in [0.4, 0.5) is 0 Å². The Labute approximate surface area is 148 Å². The van der Waals surface area contributed by atoms with Crippen LogP contribution >= 0.6 is 0 Å².